The molecule has 1 N–H and O–H groups in total. The highest BCUT2D eigenvalue weighted by molar-refractivity contribution is 7.13. The summed E-state index contributed by atoms with van der Waals surface area (Å²) in [6.45, 7) is 0. The highest BCUT2D eigenvalue weighted by Crippen LogP contribution is 2.43. The molecule has 0 saturated carbocycles. The molecule has 1 atom stereocenters. The Morgan fingerprint density at radius 1 is 1.03 bits per heavy atom. The minimum Gasteiger partial charge on any atom is -0.378 e. The highest BCUT2D eigenvalue weighted by Gasteiger charge is 2.37. The molecule has 0 radical (unpaired) electrons. The van der Waals surface area contributed by atoms with E-state index in [2.05, 4.69) is 101 Å². The molecule has 0 fully saturated rings. The predicted molar refractivity (Wildman–Crippen MR) is 120 cm³/mol. The van der Waals surface area contributed by atoms with Gasteiger partial charge in [0.2, 0.25) is 0 Å². The molecule has 2 aromatic heterocycles. The van der Waals surface area contributed by atoms with Gasteiger partial charge >= 0.3 is 0 Å². The summed E-state index contributed by atoms with van der Waals surface area (Å²) in [6.07, 6.45) is 7.22. The first kappa shape index (κ1) is 17.9. The van der Waals surface area contributed by atoms with E-state index in [1.165, 1.54) is 16.8 Å². The third kappa shape index (κ3) is 2.98. The number of anilines is 1. The van der Waals surface area contributed by atoms with Crippen LogP contribution in [0.2, 0.25) is 0 Å². The van der Waals surface area contributed by atoms with Gasteiger partial charge in [0.1, 0.15) is 10.7 Å². The molecule has 1 unspecified atom stereocenters. The summed E-state index contributed by atoms with van der Waals surface area (Å²) in [7, 11) is 4.16. The maximum atomic E-state index is 4.60. The van der Waals surface area contributed by atoms with E-state index in [0.29, 0.717) is 0 Å². The average molecular weight is 399 g/mol. The molecule has 5 heteroatoms. The van der Waals surface area contributed by atoms with Crippen molar-refractivity contribution < 1.29 is 0 Å². The second-order valence-electron chi connectivity index (χ2n) is 7.59. The van der Waals surface area contributed by atoms with Crippen LogP contribution in [0.15, 0.2) is 72.3 Å². The molecule has 0 spiro atoms. The Labute approximate surface area is 174 Å². The highest BCUT2D eigenvalue weighted by atomic mass is 32.1. The molecule has 0 aliphatic heterocycles. The molecular formula is C24H22N4S. The lowest BCUT2D eigenvalue weighted by molar-refractivity contribution is 0.620. The molecule has 29 heavy (non-hydrogen) atoms. The van der Waals surface area contributed by atoms with Gasteiger partial charge in [-0.05, 0) is 23.3 Å². The molecule has 4 aromatic rings. The van der Waals surface area contributed by atoms with Crippen molar-refractivity contribution in [3.8, 4) is 10.7 Å². The molecule has 0 saturated heterocycles. The van der Waals surface area contributed by atoms with Crippen LogP contribution in [0.1, 0.15) is 22.4 Å². The number of rotatable bonds is 4. The van der Waals surface area contributed by atoms with Gasteiger partial charge in [0.05, 0.1) is 0 Å². The maximum Gasteiger partial charge on any atom is 0.144 e. The Morgan fingerprint density at radius 3 is 2.62 bits per heavy atom. The molecule has 5 rings (SSSR count). The summed E-state index contributed by atoms with van der Waals surface area (Å²) >= 11 is 1.62. The lowest BCUT2D eigenvalue weighted by Gasteiger charge is -2.35. The van der Waals surface area contributed by atoms with Crippen LogP contribution in [0.5, 0.6) is 0 Å². The van der Waals surface area contributed by atoms with Crippen LogP contribution in [0, 0.1) is 0 Å². The van der Waals surface area contributed by atoms with Crippen LogP contribution in [0.25, 0.3) is 16.8 Å². The van der Waals surface area contributed by atoms with Gasteiger partial charge in [0.25, 0.3) is 0 Å². The van der Waals surface area contributed by atoms with Crippen molar-refractivity contribution in [3.05, 3.63) is 94.6 Å². The van der Waals surface area contributed by atoms with Crippen molar-refractivity contribution in [1.82, 2.24) is 15.2 Å². The number of nitrogens with zero attached hydrogens (tertiary/aromatic N) is 3. The van der Waals surface area contributed by atoms with Crippen LogP contribution < -0.4 is 4.90 Å². The first-order valence-corrected chi connectivity index (χ1v) is 10.5. The van der Waals surface area contributed by atoms with Crippen LogP contribution in [0.3, 0.4) is 0 Å². The van der Waals surface area contributed by atoms with Crippen molar-refractivity contribution >= 4 is 23.1 Å². The van der Waals surface area contributed by atoms with Crippen molar-refractivity contribution in [1.29, 1.82) is 0 Å². The lowest BCUT2D eigenvalue weighted by atomic mass is 9.68. The van der Waals surface area contributed by atoms with Gasteiger partial charge in [-0.25, -0.2) is 4.98 Å². The number of allylic oxidation sites excluding steroid dienone is 1. The van der Waals surface area contributed by atoms with Gasteiger partial charge in [-0.2, -0.15) is 5.10 Å². The number of fused-ring (bicyclic) bond motifs is 1. The van der Waals surface area contributed by atoms with Gasteiger partial charge in [-0.3, -0.25) is 5.10 Å². The fourth-order valence-corrected chi connectivity index (χ4v) is 4.77. The van der Waals surface area contributed by atoms with Crippen LogP contribution >= 0.6 is 11.3 Å². The van der Waals surface area contributed by atoms with E-state index in [0.717, 1.165) is 28.4 Å². The Bertz CT molecular complexity index is 1160. The van der Waals surface area contributed by atoms with Crippen molar-refractivity contribution in [3.63, 3.8) is 0 Å². The third-order valence-electron chi connectivity index (χ3n) is 5.67. The molecule has 1 aliphatic rings. The van der Waals surface area contributed by atoms with E-state index in [-0.39, 0.29) is 5.41 Å². The molecule has 0 bridgehead atoms. The van der Waals surface area contributed by atoms with E-state index in [9.17, 15) is 0 Å². The lowest BCUT2D eigenvalue weighted by Crippen LogP contribution is -2.30. The number of hydrogen-bond donors (Lipinski definition) is 1. The van der Waals surface area contributed by atoms with Gasteiger partial charge in [0, 0.05) is 54.5 Å². The second-order valence-corrected chi connectivity index (χ2v) is 8.49. The fourth-order valence-electron chi connectivity index (χ4n) is 4.13. The van der Waals surface area contributed by atoms with Gasteiger partial charge < -0.3 is 4.90 Å². The zero-order valence-corrected chi connectivity index (χ0v) is 17.3. The number of thiazole rings is 1. The smallest absolute Gasteiger partial charge is 0.144 e. The first-order valence-electron chi connectivity index (χ1n) is 9.67. The summed E-state index contributed by atoms with van der Waals surface area (Å²) in [4.78, 5) is 6.60. The zero-order valence-electron chi connectivity index (χ0n) is 16.5. The Balaban J connectivity index is 1.67. The number of aromatic nitrogens is 3. The Kier molecular flexibility index (Phi) is 4.32. The normalized spacial score (nSPS) is 17.9. The summed E-state index contributed by atoms with van der Waals surface area (Å²) in [6, 6.07) is 19.6. The molecular weight excluding hydrogens is 376 g/mol. The van der Waals surface area contributed by atoms with E-state index in [1.807, 2.05) is 11.6 Å². The zero-order chi connectivity index (χ0) is 19.8. The van der Waals surface area contributed by atoms with Crippen LogP contribution in [-0.4, -0.2) is 29.3 Å². The van der Waals surface area contributed by atoms with E-state index in [4.69, 9.17) is 0 Å². The standard InChI is InChI=1S/C24H22N4S/c1-28(2)19-10-6-9-18(15-19)24(17-7-4-3-5-8-17)12-11-20-21(16-24)26-27-22(20)23-25-13-14-29-23/h3-15H,16H2,1-2H3,(H,26,27). The summed E-state index contributed by atoms with van der Waals surface area (Å²) < 4.78 is 0. The summed E-state index contributed by atoms with van der Waals surface area (Å²) in [5.41, 5.74) is 6.75. The third-order valence-corrected chi connectivity index (χ3v) is 6.45. The topological polar surface area (TPSA) is 44.8 Å². The molecule has 4 nitrogen and oxygen atoms in total. The number of nitrogens with one attached hydrogen (secondary N) is 1. The van der Waals surface area contributed by atoms with E-state index < -0.39 is 0 Å². The van der Waals surface area contributed by atoms with Crippen LogP contribution in [-0.2, 0) is 11.8 Å². The quantitative estimate of drug-likeness (QED) is 0.517. The van der Waals surface area contributed by atoms with Gasteiger partial charge in [0.15, 0.2) is 0 Å². The minimum atomic E-state index is -0.243. The van der Waals surface area contributed by atoms with Crippen molar-refractivity contribution in [2.45, 2.75) is 11.8 Å². The fraction of sp³-hybridized carbons (Fsp3) is 0.167. The van der Waals surface area contributed by atoms with Gasteiger partial charge in [-0.15, -0.1) is 11.3 Å². The first-order chi connectivity index (χ1) is 14.2. The molecule has 2 aromatic carbocycles. The predicted octanol–water partition coefficient (Wildman–Crippen LogP) is 5.15. The minimum absolute atomic E-state index is 0.243. The number of hydrogen-bond acceptors (Lipinski definition) is 4. The monoisotopic (exact) mass is 398 g/mol. The summed E-state index contributed by atoms with van der Waals surface area (Å²) in [5.74, 6) is 0. The number of aromatic amines is 1. The molecule has 144 valence electrons. The van der Waals surface area contributed by atoms with Gasteiger partial charge in [-0.1, -0.05) is 54.6 Å². The van der Waals surface area contributed by atoms with Crippen molar-refractivity contribution in [2.75, 3.05) is 19.0 Å². The molecule has 2 heterocycles. The number of H-pyrrole nitrogens is 1. The largest absolute Gasteiger partial charge is 0.378 e. The Hall–Kier alpha value is -3.18. The van der Waals surface area contributed by atoms with E-state index in [1.54, 1.807) is 11.3 Å². The number of benzene rings is 2. The van der Waals surface area contributed by atoms with Crippen LogP contribution in [0.4, 0.5) is 5.69 Å². The Morgan fingerprint density at radius 2 is 1.86 bits per heavy atom. The molecule has 0 amide bonds. The SMILES string of the molecule is CN(C)c1cccc(C2(c3ccccc3)C=Cc3c(-c4nccs4)n[nH]c3C2)c1. The molecule has 1 aliphatic carbocycles. The van der Waals surface area contributed by atoms with Crippen molar-refractivity contribution in [2.24, 2.45) is 0 Å². The van der Waals surface area contributed by atoms with E-state index >= 15 is 0 Å². The second kappa shape index (κ2) is 7.01. The maximum absolute atomic E-state index is 4.60. The average Bonchev–Trinajstić information content (AvgIpc) is 3.43. The summed E-state index contributed by atoms with van der Waals surface area (Å²) in [5, 5.41) is 10.8.